The summed E-state index contributed by atoms with van der Waals surface area (Å²) in [6, 6.07) is 5.15. The van der Waals surface area contributed by atoms with Gasteiger partial charge in [0, 0.05) is 32.1 Å². The number of rotatable bonds is 6. The maximum atomic E-state index is 12.6. The first-order chi connectivity index (χ1) is 13.9. The van der Waals surface area contributed by atoms with Gasteiger partial charge in [-0.15, -0.1) is 0 Å². The number of carbonyl (C=O) groups is 3. The van der Waals surface area contributed by atoms with E-state index in [1.54, 1.807) is 37.1 Å². The summed E-state index contributed by atoms with van der Waals surface area (Å²) in [5, 5.41) is 0. The molecule has 1 aromatic carbocycles. The summed E-state index contributed by atoms with van der Waals surface area (Å²) < 4.78 is 16.0. The SMILES string of the molecule is COc1ccc(N2C[C@@H](C(=O)O[C@H](C)C(=O)N3CCCCC3)CC2=O)c(OC)c1. The predicted octanol–water partition coefficient (Wildman–Crippen LogP) is 2.00. The molecule has 0 aliphatic carbocycles. The number of piperidine rings is 1. The molecule has 2 atom stereocenters. The van der Waals surface area contributed by atoms with Crippen molar-refractivity contribution in [2.45, 2.75) is 38.7 Å². The van der Waals surface area contributed by atoms with Crippen molar-refractivity contribution in [3.8, 4) is 11.5 Å². The molecule has 0 spiro atoms. The van der Waals surface area contributed by atoms with Crippen LogP contribution in [0.1, 0.15) is 32.6 Å². The van der Waals surface area contributed by atoms with Gasteiger partial charge in [0.15, 0.2) is 6.10 Å². The summed E-state index contributed by atoms with van der Waals surface area (Å²) in [5.41, 5.74) is 0.575. The monoisotopic (exact) mass is 404 g/mol. The number of amides is 2. The minimum absolute atomic E-state index is 0.0403. The summed E-state index contributed by atoms with van der Waals surface area (Å²) in [5.74, 6) is -0.405. The van der Waals surface area contributed by atoms with E-state index < -0.39 is 18.0 Å². The smallest absolute Gasteiger partial charge is 0.312 e. The molecule has 29 heavy (non-hydrogen) atoms. The number of nitrogens with zero attached hydrogens (tertiary/aromatic N) is 2. The second-order valence-electron chi connectivity index (χ2n) is 7.41. The van der Waals surface area contributed by atoms with Crippen LogP contribution in [0.25, 0.3) is 0 Å². The molecular weight excluding hydrogens is 376 g/mol. The van der Waals surface area contributed by atoms with Crippen LogP contribution >= 0.6 is 0 Å². The highest BCUT2D eigenvalue weighted by molar-refractivity contribution is 6.01. The van der Waals surface area contributed by atoms with Crippen LogP contribution in [0.15, 0.2) is 18.2 Å². The van der Waals surface area contributed by atoms with E-state index in [1.807, 2.05) is 0 Å². The van der Waals surface area contributed by atoms with Crippen LogP contribution in [0.5, 0.6) is 11.5 Å². The molecule has 0 aromatic heterocycles. The standard InChI is InChI=1S/C21H28N2O6/c1-14(20(25)22-9-5-4-6-10-22)29-21(26)15-11-19(24)23(13-15)17-8-7-16(27-2)12-18(17)28-3/h7-8,12,14-15H,4-6,9-11,13H2,1-3H3/t14-,15+/m1/s1. The number of methoxy groups -OCH3 is 2. The van der Waals surface area contributed by atoms with Crippen molar-refractivity contribution < 1.29 is 28.6 Å². The quantitative estimate of drug-likeness (QED) is 0.674. The van der Waals surface area contributed by atoms with E-state index in [1.165, 1.54) is 12.0 Å². The summed E-state index contributed by atoms with van der Waals surface area (Å²) in [7, 11) is 3.06. The number of hydrogen-bond acceptors (Lipinski definition) is 6. The van der Waals surface area contributed by atoms with Gasteiger partial charge in [-0.25, -0.2) is 0 Å². The molecule has 0 radical (unpaired) electrons. The number of carbonyl (C=O) groups excluding carboxylic acids is 3. The summed E-state index contributed by atoms with van der Waals surface area (Å²) in [4.78, 5) is 40.9. The average Bonchev–Trinajstić information content (AvgIpc) is 3.14. The topological polar surface area (TPSA) is 85.4 Å². The molecule has 3 rings (SSSR count). The van der Waals surface area contributed by atoms with Crippen LogP contribution in [-0.4, -0.2) is 62.6 Å². The fourth-order valence-electron chi connectivity index (χ4n) is 3.80. The first-order valence-electron chi connectivity index (χ1n) is 9.96. The number of ether oxygens (including phenoxy) is 3. The van der Waals surface area contributed by atoms with Gasteiger partial charge in [-0.05, 0) is 38.3 Å². The van der Waals surface area contributed by atoms with E-state index >= 15 is 0 Å². The maximum Gasteiger partial charge on any atom is 0.312 e. The molecule has 2 saturated heterocycles. The Morgan fingerprint density at radius 3 is 2.48 bits per heavy atom. The van der Waals surface area contributed by atoms with Gasteiger partial charge in [0.05, 0.1) is 25.8 Å². The molecule has 2 amide bonds. The molecule has 158 valence electrons. The molecule has 0 N–H and O–H groups in total. The highest BCUT2D eigenvalue weighted by atomic mass is 16.5. The van der Waals surface area contributed by atoms with E-state index in [-0.39, 0.29) is 24.8 Å². The van der Waals surface area contributed by atoms with E-state index in [4.69, 9.17) is 14.2 Å². The van der Waals surface area contributed by atoms with Crippen molar-refractivity contribution in [2.24, 2.45) is 5.92 Å². The highest BCUT2D eigenvalue weighted by Crippen LogP contribution is 2.36. The van der Waals surface area contributed by atoms with Gasteiger partial charge in [0.2, 0.25) is 5.91 Å². The van der Waals surface area contributed by atoms with Crippen molar-refractivity contribution in [1.29, 1.82) is 0 Å². The van der Waals surface area contributed by atoms with Crippen LogP contribution in [-0.2, 0) is 19.1 Å². The molecule has 1 aromatic rings. The van der Waals surface area contributed by atoms with Gasteiger partial charge >= 0.3 is 5.97 Å². The summed E-state index contributed by atoms with van der Waals surface area (Å²) in [6.07, 6.45) is 2.26. The van der Waals surface area contributed by atoms with Crippen LogP contribution in [0.3, 0.4) is 0 Å². The predicted molar refractivity (Wildman–Crippen MR) is 106 cm³/mol. The van der Waals surface area contributed by atoms with Crippen LogP contribution < -0.4 is 14.4 Å². The van der Waals surface area contributed by atoms with Crippen molar-refractivity contribution in [3.05, 3.63) is 18.2 Å². The van der Waals surface area contributed by atoms with Crippen molar-refractivity contribution in [3.63, 3.8) is 0 Å². The summed E-state index contributed by atoms with van der Waals surface area (Å²) in [6.45, 7) is 3.18. The van der Waals surface area contributed by atoms with E-state index in [2.05, 4.69) is 0 Å². The van der Waals surface area contributed by atoms with Gasteiger partial charge < -0.3 is 24.0 Å². The number of esters is 1. The van der Waals surface area contributed by atoms with Gasteiger partial charge in [-0.2, -0.15) is 0 Å². The molecule has 2 aliphatic heterocycles. The highest BCUT2D eigenvalue weighted by Gasteiger charge is 2.38. The van der Waals surface area contributed by atoms with Crippen LogP contribution in [0.4, 0.5) is 5.69 Å². The fraction of sp³-hybridized carbons (Fsp3) is 0.571. The van der Waals surface area contributed by atoms with Crippen molar-refractivity contribution in [2.75, 3.05) is 38.8 Å². The minimum Gasteiger partial charge on any atom is -0.497 e. The minimum atomic E-state index is -0.847. The first kappa shape index (κ1) is 21.0. The largest absolute Gasteiger partial charge is 0.497 e. The Labute approximate surface area is 170 Å². The number of likely N-dealkylation sites (tertiary alicyclic amines) is 1. The van der Waals surface area contributed by atoms with E-state index in [0.717, 1.165) is 19.3 Å². The van der Waals surface area contributed by atoms with E-state index in [0.29, 0.717) is 30.3 Å². The molecule has 2 aliphatic rings. The van der Waals surface area contributed by atoms with Gasteiger partial charge in [-0.3, -0.25) is 14.4 Å². The molecule has 0 bridgehead atoms. The second-order valence-corrected chi connectivity index (χ2v) is 7.41. The lowest BCUT2D eigenvalue weighted by molar-refractivity contribution is -0.162. The Bertz CT molecular complexity index is 774. The van der Waals surface area contributed by atoms with E-state index in [9.17, 15) is 14.4 Å². The maximum absolute atomic E-state index is 12.6. The molecule has 8 heteroatoms. The zero-order valence-electron chi connectivity index (χ0n) is 17.2. The van der Waals surface area contributed by atoms with Crippen LogP contribution in [0, 0.1) is 5.92 Å². The van der Waals surface area contributed by atoms with Crippen molar-refractivity contribution in [1.82, 2.24) is 4.90 Å². The average molecular weight is 404 g/mol. The Kier molecular flexibility index (Phi) is 6.61. The number of benzene rings is 1. The Balaban J connectivity index is 1.63. The zero-order chi connectivity index (χ0) is 21.0. The second kappa shape index (κ2) is 9.15. The number of hydrogen-bond donors (Lipinski definition) is 0. The Hall–Kier alpha value is -2.77. The molecule has 0 unspecified atom stereocenters. The van der Waals surface area contributed by atoms with Gasteiger partial charge in [0.1, 0.15) is 11.5 Å². The molecule has 2 fully saturated rings. The lowest BCUT2D eigenvalue weighted by atomic mass is 10.1. The Morgan fingerprint density at radius 2 is 1.83 bits per heavy atom. The molecule has 0 saturated carbocycles. The fourth-order valence-corrected chi connectivity index (χ4v) is 3.80. The third-order valence-corrected chi connectivity index (χ3v) is 5.44. The Morgan fingerprint density at radius 1 is 1.10 bits per heavy atom. The van der Waals surface area contributed by atoms with Crippen molar-refractivity contribution >= 4 is 23.5 Å². The third kappa shape index (κ3) is 4.63. The number of anilines is 1. The lowest BCUT2D eigenvalue weighted by Gasteiger charge is -2.29. The zero-order valence-corrected chi connectivity index (χ0v) is 17.2. The summed E-state index contributed by atoms with van der Waals surface area (Å²) >= 11 is 0. The molecule has 2 heterocycles. The first-order valence-corrected chi connectivity index (χ1v) is 9.96. The molecule has 8 nitrogen and oxygen atoms in total. The normalized spacial score (nSPS) is 20.4. The lowest BCUT2D eigenvalue weighted by Crippen LogP contribution is -2.43. The van der Waals surface area contributed by atoms with Gasteiger partial charge in [-0.1, -0.05) is 0 Å². The molecular formula is C21H28N2O6. The van der Waals surface area contributed by atoms with Crippen LogP contribution in [0.2, 0.25) is 0 Å². The van der Waals surface area contributed by atoms with Gasteiger partial charge in [0.25, 0.3) is 5.91 Å². The third-order valence-electron chi connectivity index (χ3n) is 5.44.